The van der Waals surface area contributed by atoms with Crippen LogP contribution in [-0.4, -0.2) is 38.0 Å². The Labute approximate surface area is 128 Å². The van der Waals surface area contributed by atoms with E-state index in [1.807, 2.05) is 0 Å². The molecule has 1 saturated heterocycles. The van der Waals surface area contributed by atoms with E-state index in [2.05, 4.69) is 36.7 Å². The second kappa shape index (κ2) is 9.77. The van der Waals surface area contributed by atoms with Gasteiger partial charge in [-0.1, -0.05) is 20.8 Å². The molecule has 5 heteroatoms. The zero-order valence-electron chi connectivity index (χ0n) is 13.7. The van der Waals surface area contributed by atoms with Crippen molar-refractivity contribution in [3.05, 3.63) is 0 Å². The van der Waals surface area contributed by atoms with Gasteiger partial charge in [0.15, 0.2) is 0 Å². The number of nitrogens with one attached hydrogen (secondary N) is 3. The standard InChI is InChI=1S/C16H31N3O2/c1-12(2)10-19-15(20)6-8-18-16(21)9-13(3)14-5-4-7-17-11-14/h12-14,17H,4-11H2,1-3H3,(H,18,21)(H,19,20). The van der Waals surface area contributed by atoms with Crippen molar-refractivity contribution in [2.24, 2.45) is 17.8 Å². The van der Waals surface area contributed by atoms with E-state index in [0.29, 0.717) is 43.7 Å². The van der Waals surface area contributed by atoms with Crippen LogP contribution in [0.4, 0.5) is 0 Å². The minimum atomic E-state index is 0.00790. The van der Waals surface area contributed by atoms with Crippen molar-refractivity contribution in [3.63, 3.8) is 0 Å². The predicted molar refractivity (Wildman–Crippen MR) is 84.8 cm³/mol. The highest BCUT2D eigenvalue weighted by molar-refractivity contribution is 5.79. The lowest BCUT2D eigenvalue weighted by molar-refractivity contribution is -0.123. The summed E-state index contributed by atoms with van der Waals surface area (Å²) in [5.74, 6) is 1.51. The summed E-state index contributed by atoms with van der Waals surface area (Å²) in [6.45, 7) is 9.50. The van der Waals surface area contributed by atoms with Gasteiger partial charge in [0.05, 0.1) is 0 Å². The van der Waals surface area contributed by atoms with Gasteiger partial charge in [-0.3, -0.25) is 9.59 Å². The molecule has 2 atom stereocenters. The zero-order chi connectivity index (χ0) is 15.7. The molecule has 2 amide bonds. The van der Waals surface area contributed by atoms with Crippen LogP contribution in [0.5, 0.6) is 0 Å². The highest BCUT2D eigenvalue weighted by Crippen LogP contribution is 2.22. The van der Waals surface area contributed by atoms with Crippen molar-refractivity contribution in [2.45, 2.75) is 46.5 Å². The summed E-state index contributed by atoms with van der Waals surface area (Å²) >= 11 is 0. The second-order valence-electron chi connectivity index (χ2n) is 6.59. The number of carbonyl (C=O) groups is 2. The molecule has 5 nitrogen and oxygen atoms in total. The molecule has 0 spiro atoms. The van der Waals surface area contributed by atoms with Gasteiger partial charge in [0, 0.05) is 25.9 Å². The molecule has 1 aliphatic heterocycles. The lowest BCUT2D eigenvalue weighted by atomic mass is 9.85. The maximum absolute atomic E-state index is 11.9. The topological polar surface area (TPSA) is 70.2 Å². The van der Waals surface area contributed by atoms with Crippen LogP contribution in [0.15, 0.2) is 0 Å². The lowest BCUT2D eigenvalue weighted by Crippen LogP contribution is -2.36. The van der Waals surface area contributed by atoms with Gasteiger partial charge >= 0.3 is 0 Å². The van der Waals surface area contributed by atoms with E-state index in [-0.39, 0.29) is 11.8 Å². The Balaban J connectivity index is 2.11. The fourth-order valence-electron chi connectivity index (χ4n) is 2.62. The average molecular weight is 297 g/mol. The molecular weight excluding hydrogens is 266 g/mol. The number of hydrogen-bond donors (Lipinski definition) is 3. The second-order valence-corrected chi connectivity index (χ2v) is 6.59. The van der Waals surface area contributed by atoms with Gasteiger partial charge in [-0.25, -0.2) is 0 Å². The van der Waals surface area contributed by atoms with Crippen LogP contribution in [0.3, 0.4) is 0 Å². The maximum atomic E-state index is 11.9. The summed E-state index contributed by atoms with van der Waals surface area (Å²) in [5, 5.41) is 9.09. The minimum Gasteiger partial charge on any atom is -0.356 e. The maximum Gasteiger partial charge on any atom is 0.221 e. The van der Waals surface area contributed by atoms with E-state index >= 15 is 0 Å². The SMILES string of the molecule is CC(C)CNC(=O)CCNC(=O)CC(C)C1CCCNC1. The van der Waals surface area contributed by atoms with Crippen LogP contribution in [0.1, 0.15) is 46.5 Å². The minimum absolute atomic E-state index is 0.00790. The fraction of sp³-hybridized carbons (Fsp3) is 0.875. The molecule has 2 unspecified atom stereocenters. The molecule has 21 heavy (non-hydrogen) atoms. The normalized spacial score (nSPS) is 20.1. The molecule has 1 aliphatic rings. The Morgan fingerprint density at radius 3 is 2.57 bits per heavy atom. The molecular formula is C16H31N3O2. The van der Waals surface area contributed by atoms with Crippen molar-refractivity contribution in [2.75, 3.05) is 26.2 Å². The molecule has 1 rings (SSSR count). The third-order valence-corrected chi connectivity index (χ3v) is 4.03. The number of carbonyl (C=O) groups excluding carboxylic acids is 2. The Morgan fingerprint density at radius 2 is 1.95 bits per heavy atom. The monoisotopic (exact) mass is 297 g/mol. The highest BCUT2D eigenvalue weighted by Gasteiger charge is 2.21. The number of amides is 2. The summed E-state index contributed by atoms with van der Waals surface area (Å²) in [7, 11) is 0. The van der Waals surface area contributed by atoms with E-state index < -0.39 is 0 Å². The van der Waals surface area contributed by atoms with E-state index in [4.69, 9.17) is 0 Å². The van der Waals surface area contributed by atoms with Crippen LogP contribution < -0.4 is 16.0 Å². The first kappa shape index (κ1) is 18.0. The van der Waals surface area contributed by atoms with Crippen molar-refractivity contribution >= 4 is 11.8 Å². The predicted octanol–water partition coefficient (Wildman–Crippen LogP) is 1.29. The van der Waals surface area contributed by atoms with Crippen LogP contribution in [0, 0.1) is 17.8 Å². The van der Waals surface area contributed by atoms with Crippen LogP contribution in [-0.2, 0) is 9.59 Å². The molecule has 122 valence electrons. The largest absolute Gasteiger partial charge is 0.356 e. The number of piperidine rings is 1. The van der Waals surface area contributed by atoms with Gasteiger partial charge in [0.25, 0.3) is 0 Å². The molecule has 0 radical (unpaired) electrons. The van der Waals surface area contributed by atoms with Gasteiger partial charge < -0.3 is 16.0 Å². The van der Waals surface area contributed by atoms with Gasteiger partial charge in [-0.2, -0.15) is 0 Å². The zero-order valence-corrected chi connectivity index (χ0v) is 13.7. The number of hydrogen-bond acceptors (Lipinski definition) is 3. The van der Waals surface area contributed by atoms with Gasteiger partial charge in [0.1, 0.15) is 0 Å². The van der Waals surface area contributed by atoms with Crippen LogP contribution >= 0.6 is 0 Å². The highest BCUT2D eigenvalue weighted by atomic mass is 16.2. The van der Waals surface area contributed by atoms with Crippen molar-refractivity contribution in [3.8, 4) is 0 Å². The van der Waals surface area contributed by atoms with Crippen molar-refractivity contribution < 1.29 is 9.59 Å². The quantitative estimate of drug-likeness (QED) is 0.632. The van der Waals surface area contributed by atoms with E-state index in [9.17, 15) is 9.59 Å². The van der Waals surface area contributed by atoms with E-state index in [1.54, 1.807) is 0 Å². The van der Waals surface area contributed by atoms with Crippen LogP contribution in [0.2, 0.25) is 0 Å². The number of rotatable bonds is 8. The molecule has 0 aromatic heterocycles. The first-order valence-corrected chi connectivity index (χ1v) is 8.23. The molecule has 0 saturated carbocycles. The molecule has 1 heterocycles. The van der Waals surface area contributed by atoms with E-state index in [0.717, 1.165) is 13.1 Å². The summed E-state index contributed by atoms with van der Waals surface area (Å²) in [6, 6.07) is 0. The summed E-state index contributed by atoms with van der Waals surface area (Å²) in [5.41, 5.74) is 0. The summed E-state index contributed by atoms with van der Waals surface area (Å²) < 4.78 is 0. The molecule has 0 bridgehead atoms. The van der Waals surface area contributed by atoms with Crippen molar-refractivity contribution in [1.29, 1.82) is 0 Å². The van der Waals surface area contributed by atoms with Gasteiger partial charge in [0.2, 0.25) is 11.8 Å². The molecule has 1 fully saturated rings. The average Bonchev–Trinajstić information content (AvgIpc) is 2.46. The molecule has 0 aromatic carbocycles. The summed E-state index contributed by atoms with van der Waals surface area (Å²) in [4.78, 5) is 23.4. The Hall–Kier alpha value is -1.10. The van der Waals surface area contributed by atoms with Gasteiger partial charge in [-0.15, -0.1) is 0 Å². The molecule has 0 aromatic rings. The summed E-state index contributed by atoms with van der Waals surface area (Å²) in [6.07, 6.45) is 3.32. The Morgan fingerprint density at radius 1 is 1.19 bits per heavy atom. The Kier molecular flexibility index (Phi) is 8.35. The molecule has 0 aliphatic carbocycles. The Bertz CT molecular complexity index is 325. The first-order chi connectivity index (χ1) is 9.99. The third-order valence-electron chi connectivity index (χ3n) is 4.03. The third kappa shape index (κ3) is 8.05. The van der Waals surface area contributed by atoms with Gasteiger partial charge in [-0.05, 0) is 43.7 Å². The lowest BCUT2D eigenvalue weighted by Gasteiger charge is -2.28. The molecule has 3 N–H and O–H groups in total. The fourth-order valence-corrected chi connectivity index (χ4v) is 2.62. The first-order valence-electron chi connectivity index (χ1n) is 8.23. The van der Waals surface area contributed by atoms with Crippen molar-refractivity contribution in [1.82, 2.24) is 16.0 Å². The van der Waals surface area contributed by atoms with E-state index in [1.165, 1.54) is 12.8 Å². The smallest absolute Gasteiger partial charge is 0.221 e. The van der Waals surface area contributed by atoms with Crippen LogP contribution in [0.25, 0.3) is 0 Å².